The second-order valence-corrected chi connectivity index (χ2v) is 5.98. The molecule has 0 saturated carbocycles. The molecule has 98 valence electrons. The third-order valence-electron chi connectivity index (χ3n) is 2.95. The van der Waals surface area contributed by atoms with E-state index in [4.69, 9.17) is 0 Å². The summed E-state index contributed by atoms with van der Waals surface area (Å²) in [6.45, 7) is 2.16. The molecule has 0 saturated heterocycles. The van der Waals surface area contributed by atoms with E-state index in [9.17, 15) is 0 Å². The number of hydrogen-bond donors (Lipinski definition) is 1. The number of thiophene rings is 1. The fourth-order valence-electron chi connectivity index (χ4n) is 2.03. The molecule has 1 unspecified atom stereocenters. The van der Waals surface area contributed by atoms with Gasteiger partial charge in [-0.2, -0.15) is 0 Å². The maximum Gasteiger partial charge on any atom is 0.180 e. The van der Waals surface area contributed by atoms with Gasteiger partial charge in [-0.05, 0) is 33.8 Å². The van der Waals surface area contributed by atoms with Crippen molar-refractivity contribution in [3.05, 3.63) is 45.6 Å². The molecular formula is C13H13BrN4S. The number of nitrogens with one attached hydrogen (secondary N) is 1. The minimum Gasteiger partial charge on any atom is -0.359 e. The van der Waals surface area contributed by atoms with Crippen molar-refractivity contribution in [2.45, 2.75) is 19.4 Å². The van der Waals surface area contributed by atoms with Crippen LogP contribution in [-0.4, -0.2) is 14.4 Å². The van der Waals surface area contributed by atoms with Crippen LogP contribution in [0.25, 0.3) is 5.65 Å². The summed E-state index contributed by atoms with van der Waals surface area (Å²) in [6, 6.07) is 4.48. The summed E-state index contributed by atoms with van der Waals surface area (Å²) in [4.78, 5) is 10.2. The lowest BCUT2D eigenvalue weighted by Crippen LogP contribution is -2.11. The standard InChI is InChI=1S/C13H13BrN4S/c1-2-9(10-4-3-7-19-10)16-12-13-15-5-6-18(13)8-11(14)17-12/h3-9H,2H2,1H3,(H,16,17). The highest BCUT2D eigenvalue weighted by Crippen LogP contribution is 2.27. The van der Waals surface area contributed by atoms with Gasteiger partial charge in [0.05, 0.1) is 6.04 Å². The Morgan fingerprint density at radius 2 is 2.42 bits per heavy atom. The molecule has 0 aliphatic carbocycles. The molecule has 3 aromatic heterocycles. The highest BCUT2D eigenvalue weighted by atomic mass is 79.9. The summed E-state index contributed by atoms with van der Waals surface area (Å²) in [5, 5.41) is 5.58. The lowest BCUT2D eigenvalue weighted by atomic mass is 10.2. The predicted octanol–water partition coefficient (Wildman–Crippen LogP) is 4.12. The zero-order valence-corrected chi connectivity index (χ0v) is 12.8. The minimum absolute atomic E-state index is 0.266. The van der Waals surface area contributed by atoms with Crippen molar-refractivity contribution in [1.82, 2.24) is 14.4 Å². The minimum atomic E-state index is 0.266. The van der Waals surface area contributed by atoms with Crippen molar-refractivity contribution in [3.63, 3.8) is 0 Å². The molecule has 4 nitrogen and oxygen atoms in total. The Kier molecular flexibility index (Phi) is 3.52. The number of hydrogen-bond acceptors (Lipinski definition) is 4. The molecule has 3 heterocycles. The Morgan fingerprint density at radius 3 is 3.16 bits per heavy atom. The fraction of sp³-hybridized carbons (Fsp3) is 0.231. The first-order chi connectivity index (χ1) is 9.28. The molecule has 1 atom stereocenters. The average Bonchev–Trinajstić information content (AvgIpc) is 3.05. The van der Waals surface area contributed by atoms with Gasteiger partial charge in [-0.15, -0.1) is 11.3 Å². The Bertz CT molecular complexity index is 677. The van der Waals surface area contributed by atoms with Crippen LogP contribution in [0, 0.1) is 0 Å². The van der Waals surface area contributed by atoms with Gasteiger partial charge in [0.2, 0.25) is 0 Å². The van der Waals surface area contributed by atoms with Gasteiger partial charge >= 0.3 is 0 Å². The van der Waals surface area contributed by atoms with Gasteiger partial charge in [-0.1, -0.05) is 13.0 Å². The highest BCUT2D eigenvalue weighted by molar-refractivity contribution is 9.10. The Morgan fingerprint density at radius 1 is 1.53 bits per heavy atom. The van der Waals surface area contributed by atoms with Gasteiger partial charge < -0.3 is 9.72 Å². The molecule has 0 amide bonds. The van der Waals surface area contributed by atoms with Crippen LogP contribution < -0.4 is 5.32 Å². The molecular weight excluding hydrogens is 324 g/mol. The van der Waals surface area contributed by atoms with E-state index in [1.165, 1.54) is 4.88 Å². The molecule has 0 aliphatic rings. The fourth-order valence-corrected chi connectivity index (χ4v) is 3.29. The maximum atomic E-state index is 4.50. The molecule has 3 rings (SSSR count). The van der Waals surface area contributed by atoms with Gasteiger partial charge in [0.25, 0.3) is 0 Å². The van der Waals surface area contributed by atoms with E-state index in [0.717, 1.165) is 22.5 Å². The molecule has 6 heteroatoms. The van der Waals surface area contributed by atoms with Gasteiger partial charge in [0.1, 0.15) is 4.60 Å². The van der Waals surface area contributed by atoms with E-state index < -0.39 is 0 Å². The molecule has 0 radical (unpaired) electrons. The number of halogens is 1. The number of fused-ring (bicyclic) bond motifs is 1. The van der Waals surface area contributed by atoms with E-state index in [0.29, 0.717) is 0 Å². The monoisotopic (exact) mass is 336 g/mol. The van der Waals surface area contributed by atoms with Crippen molar-refractivity contribution in [2.75, 3.05) is 5.32 Å². The molecule has 19 heavy (non-hydrogen) atoms. The smallest absolute Gasteiger partial charge is 0.180 e. The first kappa shape index (κ1) is 12.6. The van der Waals surface area contributed by atoms with E-state index in [1.807, 2.05) is 16.8 Å². The van der Waals surface area contributed by atoms with E-state index in [1.54, 1.807) is 17.5 Å². The molecule has 0 spiro atoms. The Hall–Kier alpha value is -1.40. The van der Waals surface area contributed by atoms with Crippen LogP contribution in [0.4, 0.5) is 5.82 Å². The summed E-state index contributed by atoms with van der Waals surface area (Å²) in [5.41, 5.74) is 0.846. The highest BCUT2D eigenvalue weighted by Gasteiger charge is 2.14. The Labute approximate surface area is 123 Å². The largest absolute Gasteiger partial charge is 0.359 e. The molecule has 0 bridgehead atoms. The third kappa shape index (κ3) is 2.50. The molecule has 0 fully saturated rings. The molecule has 0 aromatic carbocycles. The normalized spacial score (nSPS) is 12.7. The number of anilines is 1. The van der Waals surface area contributed by atoms with Crippen LogP contribution in [0.15, 0.2) is 40.7 Å². The maximum absolute atomic E-state index is 4.50. The number of aromatic nitrogens is 3. The van der Waals surface area contributed by atoms with Crippen LogP contribution in [0.3, 0.4) is 0 Å². The first-order valence-electron chi connectivity index (χ1n) is 6.07. The van der Waals surface area contributed by atoms with Crippen molar-refractivity contribution < 1.29 is 0 Å². The van der Waals surface area contributed by atoms with Crippen LogP contribution in [0.5, 0.6) is 0 Å². The summed E-state index contributed by atoms with van der Waals surface area (Å²) in [6.07, 6.45) is 6.60. The second-order valence-electron chi connectivity index (χ2n) is 4.19. The summed E-state index contributed by atoms with van der Waals surface area (Å²) in [5.74, 6) is 0.805. The molecule has 1 N–H and O–H groups in total. The van der Waals surface area contributed by atoms with E-state index >= 15 is 0 Å². The predicted molar refractivity (Wildman–Crippen MR) is 81.7 cm³/mol. The van der Waals surface area contributed by atoms with Crippen molar-refractivity contribution in [2.24, 2.45) is 0 Å². The number of imidazole rings is 1. The summed E-state index contributed by atoms with van der Waals surface area (Å²) >= 11 is 5.19. The second kappa shape index (κ2) is 5.30. The quantitative estimate of drug-likeness (QED) is 0.779. The van der Waals surface area contributed by atoms with Gasteiger partial charge in [0.15, 0.2) is 11.5 Å². The first-order valence-corrected chi connectivity index (χ1v) is 7.74. The zero-order chi connectivity index (χ0) is 13.2. The third-order valence-corrected chi connectivity index (χ3v) is 4.32. The molecule has 3 aromatic rings. The van der Waals surface area contributed by atoms with Gasteiger partial charge in [0, 0.05) is 23.5 Å². The van der Waals surface area contributed by atoms with Crippen LogP contribution >= 0.6 is 27.3 Å². The van der Waals surface area contributed by atoms with Crippen LogP contribution in [-0.2, 0) is 0 Å². The van der Waals surface area contributed by atoms with E-state index in [-0.39, 0.29) is 6.04 Å². The van der Waals surface area contributed by atoms with Gasteiger partial charge in [-0.3, -0.25) is 0 Å². The van der Waals surface area contributed by atoms with Crippen molar-refractivity contribution in [3.8, 4) is 0 Å². The summed E-state index contributed by atoms with van der Waals surface area (Å²) in [7, 11) is 0. The number of rotatable bonds is 4. The molecule has 0 aliphatic heterocycles. The number of nitrogens with zero attached hydrogens (tertiary/aromatic N) is 3. The van der Waals surface area contributed by atoms with Crippen molar-refractivity contribution in [1.29, 1.82) is 0 Å². The average molecular weight is 337 g/mol. The summed E-state index contributed by atoms with van der Waals surface area (Å²) < 4.78 is 2.75. The lowest BCUT2D eigenvalue weighted by Gasteiger charge is -2.16. The topological polar surface area (TPSA) is 42.2 Å². The van der Waals surface area contributed by atoms with Gasteiger partial charge in [-0.25, -0.2) is 9.97 Å². The SMILES string of the molecule is CCC(Nc1nc(Br)cn2ccnc12)c1cccs1. The zero-order valence-electron chi connectivity index (χ0n) is 10.4. The van der Waals surface area contributed by atoms with Crippen LogP contribution in [0.2, 0.25) is 0 Å². The van der Waals surface area contributed by atoms with E-state index in [2.05, 4.69) is 55.7 Å². The van der Waals surface area contributed by atoms with Crippen LogP contribution in [0.1, 0.15) is 24.3 Å². The van der Waals surface area contributed by atoms with Crippen molar-refractivity contribution >= 4 is 38.7 Å². The lowest BCUT2D eigenvalue weighted by molar-refractivity contribution is 0.758. The Balaban J connectivity index is 1.98.